The van der Waals surface area contributed by atoms with Gasteiger partial charge in [0.2, 0.25) is 5.91 Å². The van der Waals surface area contributed by atoms with Crippen LogP contribution in [0.15, 0.2) is 0 Å². The third-order valence-corrected chi connectivity index (χ3v) is 5.20. The van der Waals surface area contributed by atoms with E-state index in [0.717, 1.165) is 37.6 Å². The van der Waals surface area contributed by atoms with Crippen molar-refractivity contribution in [3.05, 3.63) is 0 Å². The van der Waals surface area contributed by atoms with Crippen molar-refractivity contribution < 1.29 is 14.3 Å². The summed E-state index contributed by atoms with van der Waals surface area (Å²) >= 11 is 3.48. The average molecular weight is 375 g/mol. The zero-order valence-electron chi connectivity index (χ0n) is 13.7. The highest BCUT2D eigenvalue weighted by atomic mass is 79.9. The fraction of sp³-hybridized carbons (Fsp3) is 0.875. The predicted octanol–water partition coefficient (Wildman–Crippen LogP) is 3.07. The zero-order chi connectivity index (χ0) is 16.3. The first-order valence-corrected chi connectivity index (χ1v) is 9.27. The van der Waals surface area contributed by atoms with Gasteiger partial charge in [0.15, 0.2) is 0 Å². The van der Waals surface area contributed by atoms with Crippen molar-refractivity contribution in [2.75, 3.05) is 11.9 Å². The fourth-order valence-electron chi connectivity index (χ4n) is 3.34. The number of alkyl halides is 1. The van der Waals surface area contributed by atoms with Gasteiger partial charge in [-0.05, 0) is 39.5 Å². The number of halogens is 1. The van der Waals surface area contributed by atoms with E-state index < -0.39 is 5.60 Å². The number of amides is 2. The highest BCUT2D eigenvalue weighted by Gasteiger charge is 2.39. The standard InChI is InChI=1S/C16H27BrN2O3/c1-16(2,3)22-15(21)18-12-6-4-5-7-13(12)19-10-11(9-17)8-14(19)20/h11-13H,4-10H2,1-3H3,(H,18,21). The van der Waals surface area contributed by atoms with Crippen molar-refractivity contribution in [3.63, 3.8) is 0 Å². The number of ether oxygens (including phenoxy) is 1. The van der Waals surface area contributed by atoms with Crippen molar-refractivity contribution >= 4 is 27.9 Å². The molecule has 1 saturated carbocycles. The molecule has 0 radical (unpaired) electrons. The van der Waals surface area contributed by atoms with E-state index >= 15 is 0 Å². The summed E-state index contributed by atoms with van der Waals surface area (Å²) in [6.07, 6.45) is 4.29. The number of alkyl carbamates (subject to hydrolysis) is 1. The normalized spacial score (nSPS) is 29.5. The van der Waals surface area contributed by atoms with Gasteiger partial charge in [0.25, 0.3) is 0 Å². The molecule has 22 heavy (non-hydrogen) atoms. The van der Waals surface area contributed by atoms with Crippen LogP contribution in [0.4, 0.5) is 4.79 Å². The number of carbonyl (C=O) groups excluding carboxylic acids is 2. The Labute approximate surface area is 141 Å². The van der Waals surface area contributed by atoms with E-state index in [0.29, 0.717) is 12.3 Å². The van der Waals surface area contributed by atoms with Crippen molar-refractivity contribution in [3.8, 4) is 0 Å². The summed E-state index contributed by atoms with van der Waals surface area (Å²) < 4.78 is 5.36. The summed E-state index contributed by atoms with van der Waals surface area (Å²) in [7, 11) is 0. The average Bonchev–Trinajstić information content (AvgIpc) is 2.78. The molecule has 2 amide bonds. The number of nitrogens with one attached hydrogen (secondary N) is 1. The molecule has 1 N–H and O–H groups in total. The van der Waals surface area contributed by atoms with Gasteiger partial charge in [-0.3, -0.25) is 4.79 Å². The lowest BCUT2D eigenvalue weighted by Gasteiger charge is -2.38. The van der Waals surface area contributed by atoms with E-state index in [1.165, 1.54) is 0 Å². The second-order valence-corrected chi connectivity index (χ2v) is 8.02. The van der Waals surface area contributed by atoms with Crippen molar-refractivity contribution in [2.45, 2.75) is 70.6 Å². The lowest BCUT2D eigenvalue weighted by molar-refractivity contribution is -0.130. The molecule has 0 bridgehead atoms. The van der Waals surface area contributed by atoms with Crippen molar-refractivity contribution in [1.29, 1.82) is 0 Å². The Bertz CT molecular complexity index is 422. The van der Waals surface area contributed by atoms with Gasteiger partial charge in [0, 0.05) is 18.3 Å². The molecule has 1 heterocycles. The van der Waals surface area contributed by atoms with Crippen LogP contribution < -0.4 is 5.32 Å². The number of rotatable bonds is 3. The lowest BCUT2D eigenvalue weighted by Crippen LogP contribution is -2.54. The number of nitrogens with zero attached hydrogens (tertiary/aromatic N) is 1. The van der Waals surface area contributed by atoms with E-state index in [4.69, 9.17) is 4.74 Å². The van der Waals surface area contributed by atoms with E-state index in [9.17, 15) is 9.59 Å². The van der Waals surface area contributed by atoms with Gasteiger partial charge < -0.3 is 15.0 Å². The highest BCUT2D eigenvalue weighted by Crippen LogP contribution is 2.29. The molecule has 1 saturated heterocycles. The SMILES string of the molecule is CC(C)(C)OC(=O)NC1CCCCC1N1CC(CBr)CC1=O. The topological polar surface area (TPSA) is 58.6 Å². The first-order valence-electron chi connectivity index (χ1n) is 8.15. The Morgan fingerprint density at radius 3 is 2.64 bits per heavy atom. The number of hydrogen-bond donors (Lipinski definition) is 1. The van der Waals surface area contributed by atoms with Gasteiger partial charge >= 0.3 is 6.09 Å². The third-order valence-electron chi connectivity index (χ3n) is 4.29. The van der Waals surface area contributed by atoms with Crippen LogP contribution in [-0.4, -0.2) is 46.5 Å². The van der Waals surface area contributed by atoms with Crippen LogP contribution in [0.25, 0.3) is 0 Å². The molecule has 2 aliphatic rings. The quantitative estimate of drug-likeness (QED) is 0.772. The molecule has 1 aliphatic heterocycles. The van der Waals surface area contributed by atoms with Gasteiger partial charge in [0.05, 0.1) is 12.1 Å². The van der Waals surface area contributed by atoms with Crippen molar-refractivity contribution in [1.82, 2.24) is 10.2 Å². The molecule has 5 nitrogen and oxygen atoms in total. The van der Waals surface area contributed by atoms with Gasteiger partial charge in [-0.15, -0.1) is 0 Å². The van der Waals surface area contributed by atoms with Gasteiger partial charge in [-0.2, -0.15) is 0 Å². The molecule has 0 aromatic carbocycles. The maximum absolute atomic E-state index is 12.3. The highest BCUT2D eigenvalue weighted by molar-refractivity contribution is 9.09. The molecular weight excluding hydrogens is 348 g/mol. The summed E-state index contributed by atoms with van der Waals surface area (Å²) in [5.74, 6) is 0.601. The van der Waals surface area contributed by atoms with Gasteiger partial charge in [-0.25, -0.2) is 4.79 Å². The minimum Gasteiger partial charge on any atom is -0.444 e. The molecule has 3 unspecified atom stereocenters. The molecule has 126 valence electrons. The fourth-order valence-corrected chi connectivity index (χ4v) is 3.78. The first-order chi connectivity index (χ1) is 10.3. The lowest BCUT2D eigenvalue weighted by atomic mass is 9.89. The van der Waals surface area contributed by atoms with E-state index in [-0.39, 0.29) is 24.1 Å². The molecule has 6 heteroatoms. The molecule has 2 fully saturated rings. The Morgan fingerprint density at radius 1 is 1.36 bits per heavy atom. The summed E-state index contributed by atoms with van der Waals surface area (Å²) in [5.41, 5.74) is -0.501. The number of carbonyl (C=O) groups is 2. The molecule has 0 spiro atoms. The first kappa shape index (κ1) is 17.6. The minimum atomic E-state index is -0.501. The molecule has 3 atom stereocenters. The summed E-state index contributed by atoms with van der Waals surface area (Å²) in [4.78, 5) is 26.3. The Morgan fingerprint density at radius 2 is 2.05 bits per heavy atom. The maximum Gasteiger partial charge on any atom is 0.407 e. The predicted molar refractivity (Wildman–Crippen MR) is 89.0 cm³/mol. The third kappa shape index (κ3) is 4.61. The van der Waals surface area contributed by atoms with E-state index in [2.05, 4.69) is 21.2 Å². The summed E-state index contributed by atoms with van der Waals surface area (Å²) in [5, 5.41) is 3.84. The molecule has 0 aromatic rings. The largest absolute Gasteiger partial charge is 0.444 e. The summed E-state index contributed by atoms with van der Waals surface area (Å²) in [6, 6.07) is 0.111. The monoisotopic (exact) mass is 374 g/mol. The molecule has 2 rings (SSSR count). The van der Waals surface area contributed by atoms with E-state index in [1.807, 2.05) is 25.7 Å². The second kappa shape index (κ2) is 7.20. The Hall–Kier alpha value is -0.780. The van der Waals surface area contributed by atoms with Gasteiger partial charge in [-0.1, -0.05) is 28.8 Å². The van der Waals surface area contributed by atoms with Crippen LogP contribution >= 0.6 is 15.9 Å². The van der Waals surface area contributed by atoms with Crippen LogP contribution in [0.3, 0.4) is 0 Å². The number of likely N-dealkylation sites (tertiary alicyclic amines) is 1. The Balaban J connectivity index is 1.99. The van der Waals surface area contributed by atoms with Crippen LogP contribution in [0.5, 0.6) is 0 Å². The van der Waals surface area contributed by atoms with Crippen LogP contribution in [0.1, 0.15) is 52.9 Å². The maximum atomic E-state index is 12.3. The number of hydrogen-bond acceptors (Lipinski definition) is 3. The molecule has 1 aliphatic carbocycles. The van der Waals surface area contributed by atoms with Crippen LogP contribution in [0.2, 0.25) is 0 Å². The zero-order valence-corrected chi connectivity index (χ0v) is 15.3. The molecule has 0 aromatic heterocycles. The van der Waals surface area contributed by atoms with E-state index in [1.54, 1.807) is 0 Å². The van der Waals surface area contributed by atoms with Gasteiger partial charge in [0.1, 0.15) is 5.60 Å². The van der Waals surface area contributed by atoms with Crippen molar-refractivity contribution in [2.24, 2.45) is 5.92 Å². The Kier molecular flexibility index (Phi) is 5.75. The summed E-state index contributed by atoms with van der Waals surface area (Å²) in [6.45, 7) is 6.36. The minimum absolute atomic E-state index is 0.00151. The van der Waals surface area contributed by atoms with Crippen LogP contribution in [-0.2, 0) is 9.53 Å². The van der Waals surface area contributed by atoms with Crippen LogP contribution in [0, 0.1) is 5.92 Å². The molecular formula is C16H27BrN2O3. The second-order valence-electron chi connectivity index (χ2n) is 7.38. The smallest absolute Gasteiger partial charge is 0.407 e.